The quantitative estimate of drug-likeness (QED) is 0.756. The van der Waals surface area contributed by atoms with E-state index in [2.05, 4.69) is 29.8 Å². The van der Waals surface area contributed by atoms with Gasteiger partial charge < -0.3 is 10.2 Å². The van der Waals surface area contributed by atoms with E-state index in [1.165, 1.54) is 4.88 Å². The summed E-state index contributed by atoms with van der Waals surface area (Å²) in [5.74, 6) is 0.206. The average molecular weight is 254 g/mol. The Morgan fingerprint density at radius 1 is 1.53 bits per heavy atom. The van der Waals surface area contributed by atoms with Gasteiger partial charge in [-0.3, -0.25) is 4.79 Å². The number of carbonyl (C=O) groups is 1. The summed E-state index contributed by atoms with van der Waals surface area (Å²) in [4.78, 5) is 14.4. The van der Waals surface area contributed by atoms with E-state index < -0.39 is 0 Å². The van der Waals surface area contributed by atoms with Gasteiger partial charge in [0.15, 0.2) is 0 Å². The van der Waals surface area contributed by atoms with Gasteiger partial charge in [0.25, 0.3) is 0 Å². The molecule has 0 saturated heterocycles. The van der Waals surface area contributed by atoms with Crippen molar-refractivity contribution in [2.75, 3.05) is 20.6 Å². The van der Waals surface area contributed by atoms with Crippen LogP contribution < -0.4 is 5.32 Å². The lowest BCUT2D eigenvalue weighted by Crippen LogP contribution is -2.30. The molecule has 17 heavy (non-hydrogen) atoms. The van der Waals surface area contributed by atoms with Crippen molar-refractivity contribution in [3.8, 4) is 0 Å². The zero-order valence-electron chi connectivity index (χ0n) is 10.9. The van der Waals surface area contributed by atoms with Gasteiger partial charge in [0.1, 0.15) is 0 Å². The Morgan fingerprint density at radius 2 is 2.29 bits per heavy atom. The van der Waals surface area contributed by atoms with Crippen molar-refractivity contribution in [2.45, 2.75) is 32.2 Å². The Morgan fingerprint density at radius 3 is 2.88 bits per heavy atom. The van der Waals surface area contributed by atoms with Crippen molar-refractivity contribution in [2.24, 2.45) is 0 Å². The highest BCUT2D eigenvalue weighted by Gasteiger charge is 2.05. The number of rotatable bonds is 7. The van der Waals surface area contributed by atoms with Crippen LogP contribution in [0.4, 0.5) is 0 Å². The fraction of sp³-hybridized carbons (Fsp3) is 0.615. The number of amides is 1. The van der Waals surface area contributed by atoms with Crippen molar-refractivity contribution >= 4 is 17.2 Å². The first-order chi connectivity index (χ1) is 8.09. The largest absolute Gasteiger partial charge is 0.349 e. The lowest BCUT2D eigenvalue weighted by atomic mass is 10.2. The lowest BCUT2D eigenvalue weighted by molar-refractivity contribution is -0.128. The number of nitrogens with one attached hydrogen (secondary N) is 1. The molecule has 0 aliphatic rings. The van der Waals surface area contributed by atoms with Crippen LogP contribution in [0.2, 0.25) is 0 Å². The molecule has 0 aliphatic heterocycles. The summed E-state index contributed by atoms with van der Waals surface area (Å²) in [7, 11) is 3.60. The van der Waals surface area contributed by atoms with Crippen LogP contribution in [0.1, 0.15) is 24.6 Å². The van der Waals surface area contributed by atoms with Crippen LogP contribution in [0.3, 0.4) is 0 Å². The van der Waals surface area contributed by atoms with Crippen molar-refractivity contribution in [3.05, 3.63) is 22.4 Å². The molecule has 0 spiro atoms. The number of carbonyl (C=O) groups excluding carboxylic acids is 1. The molecule has 1 atom stereocenters. The van der Waals surface area contributed by atoms with Crippen LogP contribution in [0.5, 0.6) is 0 Å². The second-order valence-corrected chi connectivity index (χ2v) is 5.56. The molecule has 3 nitrogen and oxygen atoms in total. The zero-order valence-corrected chi connectivity index (χ0v) is 11.7. The predicted molar refractivity (Wildman–Crippen MR) is 73.4 cm³/mol. The van der Waals surface area contributed by atoms with Gasteiger partial charge in [-0.1, -0.05) is 6.07 Å². The van der Waals surface area contributed by atoms with Gasteiger partial charge in [-0.2, -0.15) is 0 Å². The summed E-state index contributed by atoms with van der Waals surface area (Å²) < 4.78 is 0. The number of hydrogen-bond acceptors (Lipinski definition) is 3. The Kier molecular flexibility index (Phi) is 6.22. The first kappa shape index (κ1) is 14.2. The van der Waals surface area contributed by atoms with Gasteiger partial charge in [-0.15, -0.1) is 11.3 Å². The molecule has 1 heterocycles. The third kappa shape index (κ3) is 5.84. The molecule has 1 rings (SSSR count). The number of thiophene rings is 1. The Bertz CT molecular complexity index is 322. The van der Waals surface area contributed by atoms with Crippen LogP contribution in [0.25, 0.3) is 0 Å². The van der Waals surface area contributed by atoms with Gasteiger partial charge >= 0.3 is 0 Å². The SMILES string of the molecule is CC(Cc1cccs1)NCCCC(=O)N(C)C. The summed E-state index contributed by atoms with van der Waals surface area (Å²) in [6, 6.07) is 4.73. The van der Waals surface area contributed by atoms with E-state index in [0.29, 0.717) is 12.5 Å². The predicted octanol–water partition coefficient (Wildman–Crippen LogP) is 2.14. The van der Waals surface area contributed by atoms with Crippen molar-refractivity contribution in [1.82, 2.24) is 10.2 Å². The molecule has 1 aromatic heterocycles. The highest BCUT2D eigenvalue weighted by molar-refractivity contribution is 7.09. The molecule has 1 amide bonds. The minimum absolute atomic E-state index is 0.206. The van der Waals surface area contributed by atoms with Crippen molar-refractivity contribution in [1.29, 1.82) is 0 Å². The minimum Gasteiger partial charge on any atom is -0.349 e. The zero-order chi connectivity index (χ0) is 12.7. The van der Waals surface area contributed by atoms with Crippen LogP contribution in [0.15, 0.2) is 17.5 Å². The lowest BCUT2D eigenvalue weighted by Gasteiger charge is -2.13. The van der Waals surface area contributed by atoms with Crippen LogP contribution in [-0.4, -0.2) is 37.5 Å². The second-order valence-electron chi connectivity index (χ2n) is 4.53. The molecule has 96 valence electrons. The van der Waals surface area contributed by atoms with E-state index in [-0.39, 0.29) is 5.91 Å². The molecule has 0 aromatic carbocycles. The van der Waals surface area contributed by atoms with E-state index in [1.807, 2.05) is 0 Å². The van der Waals surface area contributed by atoms with Gasteiger partial charge in [0.05, 0.1) is 0 Å². The van der Waals surface area contributed by atoms with Gasteiger partial charge in [0.2, 0.25) is 5.91 Å². The molecule has 0 radical (unpaired) electrons. The molecule has 0 aliphatic carbocycles. The summed E-state index contributed by atoms with van der Waals surface area (Å²) in [5.41, 5.74) is 0. The van der Waals surface area contributed by atoms with Crippen LogP contribution >= 0.6 is 11.3 Å². The molecular weight excluding hydrogens is 232 g/mol. The minimum atomic E-state index is 0.206. The topological polar surface area (TPSA) is 32.3 Å². The molecule has 4 heteroatoms. The summed E-state index contributed by atoms with van der Waals surface area (Å²) >= 11 is 1.80. The van der Waals surface area contributed by atoms with E-state index in [0.717, 1.165) is 19.4 Å². The first-order valence-corrected chi connectivity index (χ1v) is 6.93. The maximum absolute atomic E-state index is 11.3. The highest BCUT2D eigenvalue weighted by atomic mass is 32.1. The second kappa shape index (κ2) is 7.45. The van der Waals surface area contributed by atoms with Crippen molar-refractivity contribution < 1.29 is 4.79 Å². The molecule has 1 N–H and O–H groups in total. The fourth-order valence-electron chi connectivity index (χ4n) is 1.61. The molecule has 1 unspecified atom stereocenters. The van der Waals surface area contributed by atoms with Gasteiger partial charge in [-0.25, -0.2) is 0 Å². The van der Waals surface area contributed by atoms with Crippen LogP contribution in [0, 0.1) is 0 Å². The van der Waals surface area contributed by atoms with E-state index in [1.54, 1.807) is 30.3 Å². The standard InChI is InChI=1S/C13H22N2OS/c1-11(10-12-6-5-9-17-12)14-8-4-7-13(16)15(2)3/h5-6,9,11,14H,4,7-8,10H2,1-3H3. The molecule has 1 aromatic rings. The first-order valence-electron chi connectivity index (χ1n) is 6.05. The molecule has 0 saturated carbocycles. The Balaban J connectivity index is 2.08. The highest BCUT2D eigenvalue weighted by Crippen LogP contribution is 2.10. The summed E-state index contributed by atoms with van der Waals surface area (Å²) in [6.45, 7) is 3.10. The Hall–Kier alpha value is -0.870. The van der Waals surface area contributed by atoms with E-state index in [9.17, 15) is 4.79 Å². The summed E-state index contributed by atoms with van der Waals surface area (Å²) in [5, 5.41) is 5.56. The maximum atomic E-state index is 11.3. The van der Waals surface area contributed by atoms with Gasteiger partial charge in [-0.05, 0) is 37.8 Å². The normalized spacial score (nSPS) is 12.4. The number of nitrogens with zero attached hydrogens (tertiary/aromatic N) is 1. The molecular formula is C13H22N2OS. The molecule has 0 fully saturated rings. The number of hydrogen-bond donors (Lipinski definition) is 1. The molecule has 0 bridgehead atoms. The maximum Gasteiger partial charge on any atom is 0.222 e. The fourth-order valence-corrected chi connectivity index (χ4v) is 2.45. The average Bonchev–Trinajstić information content (AvgIpc) is 2.76. The van der Waals surface area contributed by atoms with E-state index in [4.69, 9.17) is 0 Å². The van der Waals surface area contributed by atoms with E-state index >= 15 is 0 Å². The Labute approximate surface area is 108 Å². The monoisotopic (exact) mass is 254 g/mol. The smallest absolute Gasteiger partial charge is 0.222 e. The third-order valence-corrected chi connectivity index (χ3v) is 3.55. The van der Waals surface area contributed by atoms with Gasteiger partial charge in [0, 0.05) is 31.4 Å². The van der Waals surface area contributed by atoms with Crippen molar-refractivity contribution in [3.63, 3.8) is 0 Å². The third-order valence-electron chi connectivity index (χ3n) is 2.65. The van der Waals surface area contributed by atoms with Crippen LogP contribution in [-0.2, 0) is 11.2 Å². The summed E-state index contributed by atoms with van der Waals surface area (Å²) in [6.07, 6.45) is 2.61.